The van der Waals surface area contributed by atoms with Crippen molar-refractivity contribution in [3.8, 4) is 0 Å². The molecule has 0 bridgehead atoms. The minimum atomic E-state index is -3.46. The lowest BCUT2D eigenvalue weighted by Gasteiger charge is -2.38. The molecule has 1 unspecified atom stereocenters. The van der Waals surface area contributed by atoms with Crippen molar-refractivity contribution in [2.24, 2.45) is 5.92 Å². The number of piperazine rings is 1. The normalized spacial score (nSPS) is 20.6. The maximum atomic E-state index is 12.9. The molecule has 0 radical (unpaired) electrons. The van der Waals surface area contributed by atoms with E-state index in [4.69, 9.17) is 0 Å². The average molecular weight is 394 g/mol. The Morgan fingerprint density at radius 2 is 1.70 bits per heavy atom. The highest BCUT2D eigenvalue weighted by molar-refractivity contribution is 7.89. The molecule has 1 saturated heterocycles. The molecule has 5 nitrogen and oxygen atoms in total. The summed E-state index contributed by atoms with van der Waals surface area (Å²) in [4.78, 5) is 5.21. The number of hydrogen-bond donors (Lipinski definition) is 1. The molecular formula is C21H35N3O2S. The van der Waals surface area contributed by atoms with Crippen molar-refractivity contribution in [3.63, 3.8) is 0 Å². The molecular weight excluding hydrogens is 358 g/mol. The zero-order chi connectivity index (χ0) is 19.4. The van der Waals surface area contributed by atoms with Crippen LogP contribution in [0.1, 0.15) is 44.2 Å². The minimum Gasteiger partial charge on any atom is -0.304 e. The number of rotatable bonds is 7. The third-order valence-corrected chi connectivity index (χ3v) is 7.36. The molecule has 1 fully saturated rings. The molecule has 1 aliphatic heterocycles. The summed E-state index contributed by atoms with van der Waals surface area (Å²) in [5, 5.41) is 0. The smallest absolute Gasteiger partial charge is 0.240 e. The van der Waals surface area contributed by atoms with Crippen molar-refractivity contribution in [1.82, 2.24) is 14.5 Å². The number of likely N-dealkylation sites (N-methyl/N-ethyl adjacent to an activating group) is 1. The third-order valence-electron chi connectivity index (χ3n) is 5.94. The summed E-state index contributed by atoms with van der Waals surface area (Å²) in [6, 6.07) is 5.94. The van der Waals surface area contributed by atoms with E-state index in [1.165, 1.54) is 17.5 Å². The molecule has 1 aromatic carbocycles. The van der Waals surface area contributed by atoms with Crippen molar-refractivity contribution in [3.05, 3.63) is 29.3 Å². The predicted molar refractivity (Wildman–Crippen MR) is 111 cm³/mol. The highest BCUT2D eigenvalue weighted by Gasteiger charge is 2.25. The Labute approximate surface area is 165 Å². The summed E-state index contributed by atoms with van der Waals surface area (Å²) in [6.45, 7) is 9.02. The Kier molecular flexibility index (Phi) is 6.95. The number of benzene rings is 1. The number of nitrogens with one attached hydrogen (secondary N) is 1. The van der Waals surface area contributed by atoms with Gasteiger partial charge in [0.2, 0.25) is 10.0 Å². The van der Waals surface area contributed by atoms with Crippen molar-refractivity contribution < 1.29 is 8.42 Å². The van der Waals surface area contributed by atoms with Gasteiger partial charge < -0.3 is 4.90 Å². The van der Waals surface area contributed by atoms with Crippen LogP contribution < -0.4 is 4.72 Å². The van der Waals surface area contributed by atoms with E-state index in [1.54, 1.807) is 6.07 Å². The molecule has 0 spiro atoms. The van der Waals surface area contributed by atoms with Crippen molar-refractivity contribution in [1.29, 1.82) is 0 Å². The highest BCUT2D eigenvalue weighted by Crippen LogP contribution is 2.24. The fourth-order valence-corrected chi connectivity index (χ4v) is 5.38. The second-order valence-electron chi connectivity index (χ2n) is 8.61. The van der Waals surface area contributed by atoms with E-state index in [9.17, 15) is 8.42 Å². The molecule has 0 aromatic heterocycles. The Hall–Kier alpha value is -0.950. The summed E-state index contributed by atoms with van der Waals surface area (Å²) in [5.41, 5.74) is 2.53. The van der Waals surface area contributed by atoms with Gasteiger partial charge in [-0.25, -0.2) is 13.1 Å². The second kappa shape index (κ2) is 9.03. The van der Waals surface area contributed by atoms with Gasteiger partial charge in [0, 0.05) is 38.8 Å². The summed E-state index contributed by atoms with van der Waals surface area (Å²) < 4.78 is 28.7. The highest BCUT2D eigenvalue weighted by atomic mass is 32.2. The van der Waals surface area contributed by atoms with Crippen LogP contribution in [0.5, 0.6) is 0 Å². The fraction of sp³-hybridized carbons (Fsp3) is 0.714. The van der Waals surface area contributed by atoms with Crippen LogP contribution in [-0.4, -0.2) is 64.0 Å². The number of fused-ring (bicyclic) bond motifs is 1. The van der Waals surface area contributed by atoms with Crippen LogP contribution in [0.25, 0.3) is 0 Å². The molecule has 1 aromatic rings. The summed E-state index contributed by atoms with van der Waals surface area (Å²) >= 11 is 0. The number of aryl methyl sites for hydroxylation is 2. The first-order valence-corrected chi connectivity index (χ1v) is 11.9. The summed E-state index contributed by atoms with van der Waals surface area (Å²) in [7, 11) is -1.31. The molecule has 152 valence electrons. The van der Waals surface area contributed by atoms with Crippen molar-refractivity contribution in [2.45, 2.75) is 56.9 Å². The monoisotopic (exact) mass is 393 g/mol. The number of hydrogen-bond acceptors (Lipinski definition) is 4. The van der Waals surface area contributed by atoms with Crippen LogP contribution in [0.2, 0.25) is 0 Å². The lowest BCUT2D eigenvalue weighted by Crippen LogP contribution is -2.52. The van der Waals surface area contributed by atoms with Gasteiger partial charge in [0.1, 0.15) is 0 Å². The zero-order valence-electron chi connectivity index (χ0n) is 17.1. The van der Waals surface area contributed by atoms with E-state index in [2.05, 4.69) is 35.4 Å². The van der Waals surface area contributed by atoms with Gasteiger partial charge in [0.15, 0.2) is 0 Å². The van der Waals surface area contributed by atoms with Gasteiger partial charge in [0.05, 0.1) is 4.90 Å². The largest absolute Gasteiger partial charge is 0.304 e. The Bertz CT molecular complexity index is 725. The third kappa shape index (κ3) is 5.53. The van der Waals surface area contributed by atoms with E-state index in [0.717, 1.165) is 51.9 Å². The van der Waals surface area contributed by atoms with Crippen LogP contribution in [0.4, 0.5) is 0 Å². The lowest BCUT2D eigenvalue weighted by molar-refractivity contribution is 0.102. The van der Waals surface area contributed by atoms with Gasteiger partial charge in [-0.3, -0.25) is 4.90 Å². The SMILES string of the molecule is CC(C)CC(CNS(=O)(=O)c1ccc2c(c1)CCCC2)N1CCN(C)CC1. The molecule has 6 heteroatoms. The first-order chi connectivity index (χ1) is 12.8. The second-order valence-corrected chi connectivity index (χ2v) is 10.4. The predicted octanol–water partition coefficient (Wildman–Crippen LogP) is 2.51. The first kappa shape index (κ1) is 20.8. The van der Waals surface area contributed by atoms with Crippen LogP contribution >= 0.6 is 0 Å². The molecule has 1 aliphatic carbocycles. The van der Waals surface area contributed by atoms with Gasteiger partial charge >= 0.3 is 0 Å². The van der Waals surface area contributed by atoms with Crippen LogP contribution in [0, 0.1) is 5.92 Å². The maximum absolute atomic E-state index is 12.9. The first-order valence-electron chi connectivity index (χ1n) is 10.4. The maximum Gasteiger partial charge on any atom is 0.240 e. The molecule has 2 aliphatic rings. The van der Waals surface area contributed by atoms with Crippen LogP contribution in [0.15, 0.2) is 23.1 Å². The number of nitrogens with zero attached hydrogens (tertiary/aromatic N) is 2. The van der Waals surface area contributed by atoms with Crippen LogP contribution in [-0.2, 0) is 22.9 Å². The van der Waals surface area contributed by atoms with Gasteiger partial charge in [-0.05, 0) is 68.3 Å². The van der Waals surface area contributed by atoms with Gasteiger partial charge in [-0.1, -0.05) is 19.9 Å². The number of sulfonamides is 1. The van der Waals surface area contributed by atoms with E-state index < -0.39 is 10.0 Å². The van der Waals surface area contributed by atoms with Crippen molar-refractivity contribution in [2.75, 3.05) is 39.8 Å². The van der Waals surface area contributed by atoms with Gasteiger partial charge in [0.25, 0.3) is 0 Å². The fourth-order valence-electron chi connectivity index (χ4n) is 4.26. The van der Waals surface area contributed by atoms with Gasteiger partial charge in [-0.15, -0.1) is 0 Å². The molecule has 1 atom stereocenters. The molecule has 1 heterocycles. The van der Waals surface area contributed by atoms with Crippen molar-refractivity contribution >= 4 is 10.0 Å². The van der Waals surface area contributed by atoms with E-state index in [-0.39, 0.29) is 6.04 Å². The minimum absolute atomic E-state index is 0.256. The standard InChI is InChI=1S/C21H35N3O2S/c1-17(2)14-20(24-12-10-23(3)11-13-24)16-22-27(25,26)21-9-8-18-6-4-5-7-19(18)15-21/h8-9,15,17,20,22H,4-7,10-14,16H2,1-3H3. The van der Waals surface area contributed by atoms with Crippen LogP contribution in [0.3, 0.4) is 0 Å². The molecule has 3 rings (SSSR count). The van der Waals surface area contributed by atoms with E-state index in [1.807, 2.05) is 12.1 Å². The van der Waals surface area contributed by atoms with E-state index in [0.29, 0.717) is 17.4 Å². The Morgan fingerprint density at radius 3 is 2.37 bits per heavy atom. The quantitative estimate of drug-likeness (QED) is 0.773. The average Bonchev–Trinajstić information content (AvgIpc) is 2.65. The zero-order valence-corrected chi connectivity index (χ0v) is 17.9. The van der Waals surface area contributed by atoms with E-state index >= 15 is 0 Å². The van der Waals surface area contributed by atoms with Gasteiger partial charge in [-0.2, -0.15) is 0 Å². The molecule has 27 heavy (non-hydrogen) atoms. The molecule has 0 amide bonds. The Balaban J connectivity index is 1.68. The lowest BCUT2D eigenvalue weighted by atomic mass is 9.92. The summed E-state index contributed by atoms with van der Waals surface area (Å²) in [5.74, 6) is 0.544. The molecule has 1 N–H and O–H groups in total. The Morgan fingerprint density at radius 1 is 1.04 bits per heavy atom. The summed E-state index contributed by atoms with van der Waals surface area (Å²) in [6.07, 6.45) is 5.44. The topological polar surface area (TPSA) is 52.7 Å². The molecule has 0 saturated carbocycles.